The quantitative estimate of drug-likeness (QED) is 0.803. The monoisotopic (exact) mass is 240 g/mol. The van der Waals surface area contributed by atoms with E-state index in [1.54, 1.807) is 0 Å². The van der Waals surface area contributed by atoms with Gasteiger partial charge in [0.05, 0.1) is 11.9 Å². The molecule has 0 saturated heterocycles. The Morgan fingerprint density at radius 3 is 2.53 bits per heavy atom. The Morgan fingerprint density at radius 1 is 1.53 bits per heavy atom. The van der Waals surface area contributed by atoms with Crippen molar-refractivity contribution in [1.82, 2.24) is 4.98 Å². The Bertz CT molecular complexity index is 394. The highest BCUT2D eigenvalue weighted by Crippen LogP contribution is 2.27. The van der Waals surface area contributed by atoms with Crippen LogP contribution in [0.25, 0.3) is 0 Å². The molecule has 1 rings (SSSR count). The molecule has 1 aromatic rings. The molecule has 0 spiro atoms. The number of hydrogen-bond donors (Lipinski definition) is 1. The molecule has 15 heavy (non-hydrogen) atoms. The van der Waals surface area contributed by atoms with Crippen LogP contribution in [-0.4, -0.2) is 16.6 Å². The smallest absolute Gasteiger partial charge is 0.402 e. The first kappa shape index (κ1) is 11.6. The van der Waals surface area contributed by atoms with E-state index in [-0.39, 0.29) is 11.4 Å². The van der Waals surface area contributed by atoms with E-state index < -0.39 is 17.4 Å². The molecule has 82 valence electrons. The Labute approximate surface area is 86.8 Å². The van der Waals surface area contributed by atoms with Crippen LogP contribution in [0.2, 0.25) is 0 Å². The van der Waals surface area contributed by atoms with Gasteiger partial charge in [0.2, 0.25) is 0 Å². The number of rotatable bonds is 2. The SMILES string of the molecule is Nc1cc(C(=O)Cl)ncc1OC(F)(F)F. The zero-order valence-corrected chi connectivity index (χ0v) is 7.76. The van der Waals surface area contributed by atoms with Gasteiger partial charge in [0, 0.05) is 0 Å². The van der Waals surface area contributed by atoms with E-state index in [0.29, 0.717) is 6.20 Å². The third-order valence-corrected chi connectivity index (χ3v) is 1.52. The number of nitrogen functional groups attached to an aromatic ring is 1. The van der Waals surface area contributed by atoms with Crippen LogP contribution in [0.3, 0.4) is 0 Å². The van der Waals surface area contributed by atoms with Crippen molar-refractivity contribution in [3.8, 4) is 5.75 Å². The number of pyridine rings is 1. The number of nitrogens with two attached hydrogens (primary N) is 1. The predicted octanol–water partition coefficient (Wildman–Crippen LogP) is 1.94. The lowest BCUT2D eigenvalue weighted by molar-refractivity contribution is -0.274. The molecule has 0 saturated carbocycles. The lowest BCUT2D eigenvalue weighted by atomic mass is 10.3. The van der Waals surface area contributed by atoms with Gasteiger partial charge in [-0.3, -0.25) is 4.79 Å². The van der Waals surface area contributed by atoms with Gasteiger partial charge < -0.3 is 10.5 Å². The van der Waals surface area contributed by atoms with Crippen molar-refractivity contribution in [2.24, 2.45) is 0 Å². The number of carbonyl (C=O) groups is 1. The van der Waals surface area contributed by atoms with Crippen molar-refractivity contribution in [2.75, 3.05) is 5.73 Å². The second-order valence-electron chi connectivity index (χ2n) is 2.43. The van der Waals surface area contributed by atoms with Gasteiger partial charge in [-0.05, 0) is 17.7 Å². The largest absolute Gasteiger partial charge is 0.573 e. The third kappa shape index (κ3) is 3.28. The number of anilines is 1. The minimum absolute atomic E-state index is 0.247. The standard InChI is InChI=1S/C7H4ClF3N2O2/c8-6(14)4-1-3(12)5(2-13-4)15-7(9,10)11/h1-2H,(H2,12,13). The van der Waals surface area contributed by atoms with Crippen LogP contribution in [0.4, 0.5) is 18.9 Å². The van der Waals surface area contributed by atoms with Gasteiger partial charge in [-0.2, -0.15) is 0 Å². The van der Waals surface area contributed by atoms with Crippen LogP contribution in [0.1, 0.15) is 10.5 Å². The molecule has 0 fully saturated rings. The zero-order chi connectivity index (χ0) is 11.6. The van der Waals surface area contributed by atoms with Crippen molar-refractivity contribution in [3.63, 3.8) is 0 Å². The van der Waals surface area contributed by atoms with Crippen molar-refractivity contribution in [3.05, 3.63) is 18.0 Å². The van der Waals surface area contributed by atoms with Gasteiger partial charge in [-0.1, -0.05) is 0 Å². The van der Waals surface area contributed by atoms with Gasteiger partial charge in [0.15, 0.2) is 5.75 Å². The van der Waals surface area contributed by atoms with E-state index in [9.17, 15) is 18.0 Å². The van der Waals surface area contributed by atoms with Gasteiger partial charge in [0.25, 0.3) is 5.24 Å². The summed E-state index contributed by atoms with van der Waals surface area (Å²) in [4.78, 5) is 13.9. The van der Waals surface area contributed by atoms with E-state index in [0.717, 1.165) is 6.07 Å². The molecule has 0 atom stereocenters. The summed E-state index contributed by atoms with van der Waals surface area (Å²) in [5, 5.41) is -0.916. The molecule has 8 heteroatoms. The molecule has 2 N–H and O–H groups in total. The number of carbonyl (C=O) groups excluding carboxylic acids is 1. The lowest BCUT2D eigenvalue weighted by Crippen LogP contribution is -2.18. The average molecular weight is 241 g/mol. The zero-order valence-electron chi connectivity index (χ0n) is 7.01. The van der Waals surface area contributed by atoms with Crippen LogP contribution >= 0.6 is 11.6 Å². The molecule has 0 aromatic carbocycles. The first-order valence-corrected chi connectivity index (χ1v) is 3.88. The van der Waals surface area contributed by atoms with Gasteiger partial charge in [0.1, 0.15) is 5.69 Å². The fourth-order valence-corrected chi connectivity index (χ4v) is 0.879. The fraction of sp³-hybridized carbons (Fsp3) is 0.143. The molecular weight excluding hydrogens is 237 g/mol. The maximum atomic E-state index is 11.8. The van der Waals surface area contributed by atoms with Crippen LogP contribution in [-0.2, 0) is 0 Å². The Morgan fingerprint density at radius 2 is 2.13 bits per heavy atom. The van der Waals surface area contributed by atoms with E-state index in [1.807, 2.05) is 0 Å². The molecule has 1 heterocycles. The van der Waals surface area contributed by atoms with E-state index >= 15 is 0 Å². The van der Waals surface area contributed by atoms with Crippen LogP contribution in [0.5, 0.6) is 5.75 Å². The number of ether oxygens (including phenoxy) is 1. The molecule has 0 radical (unpaired) electrons. The number of aromatic nitrogens is 1. The second-order valence-corrected chi connectivity index (χ2v) is 2.77. The lowest BCUT2D eigenvalue weighted by Gasteiger charge is -2.10. The summed E-state index contributed by atoms with van der Waals surface area (Å²) in [6.07, 6.45) is -4.18. The molecule has 0 unspecified atom stereocenters. The van der Waals surface area contributed by atoms with Crippen molar-refractivity contribution in [2.45, 2.75) is 6.36 Å². The van der Waals surface area contributed by atoms with Crippen LogP contribution in [0, 0.1) is 0 Å². The highest BCUT2D eigenvalue weighted by atomic mass is 35.5. The van der Waals surface area contributed by atoms with Gasteiger partial charge >= 0.3 is 6.36 Å². The summed E-state index contributed by atoms with van der Waals surface area (Å²) in [6, 6.07) is 0.899. The predicted molar refractivity (Wildman–Crippen MR) is 45.5 cm³/mol. The minimum Gasteiger partial charge on any atom is -0.402 e. The molecule has 0 aliphatic rings. The highest BCUT2D eigenvalue weighted by Gasteiger charge is 2.32. The molecule has 1 aromatic heterocycles. The second kappa shape index (κ2) is 3.93. The topological polar surface area (TPSA) is 65.2 Å². The summed E-state index contributed by atoms with van der Waals surface area (Å²) in [5.74, 6) is -0.677. The van der Waals surface area contributed by atoms with Crippen molar-refractivity contribution >= 4 is 22.5 Å². The minimum atomic E-state index is -4.86. The van der Waals surface area contributed by atoms with Gasteiger partial charge in [-0.15, -0.1) is 13.2 Å². The Balaban J connectivity index is 2.99. The van der Waals surface area contributed by atoms with Crippen molar-refractivity contribution in [1.29, 1.82) is 0 Å². The molecule has 4 nitrogen and oxygen atoms in total. The summed E-state index contributed by atoms with van der Waals surface area (Å²) in [6.45, 7) is 0. The summed E-state index contributed by atoms with van der Waals surface area (Å²) >= 11 is 5.04. The molecular formula is C7H4ClF3N2O2. The summed E-state index contributed by atoms with van der Waals surface area (Å²) in [5.41, 5.74) is 4.57. The van der Waals surface area contributed by atoms with E-state index in [4.69, 9.17) is 17.3 Å². The van der Waals surface area contributed by atoms with Crippen molar-refractivity contribution < 1.29 is 22.7 Å². The number of halogens is 4. The van der Waals surface area contributed by atoms with E-state index in [2.05, 4.69) is 9.72 Å². The van der Waals surface area contributed by atoms with Crippen LogP contribution < -0.4 is 10.5 Å². The summed E-state index contributed by atoms with van der Waals surface area (Å²) in [7, 11) is 0. The highest BCUT2D eigenvalue weighted by molar-refractivity contribution is 6.67. The fourth-order valence-electron chi connectivity index (χ4n) is 0.776. The number of hydrogen-bond acceptors (Lipinski definition) is 4. The normalized spacial score (nSPS) is 11.2. The van der Waals surface area contributed by atoms with E-state index in [1.165, 1.54) is 0 Å². The number of nitrogens with zero attached hydrogens (tertiary/aromatic N) is 1. The summed E-state index contributed by atoms with van der Waals surface area (Å²) < 4.78 is 38.9. The van der Waals surface area contributed by atoms with Gasteiger partial charge in [-0.25, -0.2) is 4.98 Å². The first-order chi connectivity index (χ1) is 6.79. The average Bonchev–Trinajstić information content (AvgIpc) is 2.05. The maximum absolute atomic E-state index is 11.8. The number of alkyl halides is 3. The molecule has 0 amide bonds. The Hall–Kier alpha value is -1.50. The third-order valence-electron chi connectivity index (χ3n) is 1.32. The molecule has 0 aliphatic heterocycles. The Kier molecular flexibility index (Phi) is 3.04. The van der Waals surface area contributed by atoms with Crippen LogP contribution in [0.15, 0.2) is 12.3 Å². The molecule has 0 aliphatic carbocycles. The first-order valence-electron chi connectivity index (χ1n) is 3.50. The molecule has 0 bridgehead atoms. The maximum Gasteiger partial charge on any atom is 0.573 e.